The van der Waals surface area contributed by atoms with Crippen molar-refractivity contribution in [1.29, 1.82) is 0 Å². The van der Waals surface area contributed by atoms with Crippen LogP contribution in [0.25, 0.3) is 10.2 Å². The van der Waals surface area contributed by atoms with E-state index in [0.29, 0.717) is 5.69 Å². The van der Waals surface area contributed by atoms with Crippen LogP contribution in [-0.4, -0.2) is 28.6 Å². The van der Waals surface area contributed by atoms with Crippen molar-refractivity contribution < 1.29 is 14.3 Å². The molecule has 1 atom stereocenters. The Hall–Kier alpha value is -2.60. The molecular weight excluding hydrogens is 372 g/mol. The van der Waals surface area contributed by atoms with Crippen LogP contribution in [0.5, 0.6) is 0 Å². The molecule has 1 N–H and O–H groups in total. The molecule has 0 aliphatic rings. The Balaban J connectivity index is 1.65. The number of thiophene rings is 1. The third-order valence-corrected chi connectivity index (χ3v) is 5.42. The summed E-state index contributed by atoms with van der Waals surface area (Å²) in [6.07, 6.45) is 1.56. The maximum atomic E-state index is 12.6. The molecule has 148 valence electrons. The molecule has 0 aliphatic carbocycles. The lowest BCUT2D eigenvalue weighted by Crippen LogP contribution is -2.36. The molecule has 0 aliphatic heterocycles. The molecule has 0 saturated carbocycles. The molecule has 1 amide bonds. The fourth-order valence-electron chi connectivity index (χ4n) is 3.14. The van der Waals surface area contributed by atoms with Gasteiger partial charge in [0.1, 0.15) is 17.1 Å². The van der Waals surface area contributed by atoms with E-state index < -0.39 is 5.97 Å². The topological polar surface area (TPSA) is 60.3 Å². The molecule has 28 heavy (non-hydrogen) atoms. The standard InChI is InChI=1S/C22H26N2O3S/c1-15(2)27-22(26)19-13-18-11-12-28-21(18)24(19)14-20(25)23-16(3)9-10-17-7-5-4-6-8-17/h4-8,11-13,15-16H,9-10,14H2,1-3H3,(H,23,25). The maximum Gasteiger partial charge on any atom is 0.355 e. The summed E-state index contributed by atoms with van der Waals surface area (Å²) in [6.45, 7) is 5.73. The SMILES string of the molecule is CC(CCc1ccccc1)NC(=O)Cn1c(C(=O)OC(C)C)cc2ccsc21. The van der Waals surface area contributed by atoms with E-state index >= 15 is 0 Å². The van der Waals surface area contributed by atoms with Crippen LogP contribution in [-0.2, 0) is 22.5 Å². The highest BCUT2D eigenvalue weighted by molar-refractivity contribution is 7.16. The predicted molar refractivity (Wildman–Crippen MR) is 113 cm³/mol. The number of hydrogen-bond donors (Lipinski definition) is 1. The molecular formula is C22H26N2O3S. The minimum absolute atomic E-state index is 0.0492. The first-order chi connectivity index (χ1) is 13.4. The molecule has 3 aromatic rings. The number of aryl methyl sites for hydroxylation is 1. The van der Waals surface area contributed by atoms with Crippen LogP contribution in [0, 0.1) is 0 Å². The van der Waals surface area contributed by atoms with Gasteiger partial charge in [0.05, 0.1) is 6.10 Å². The number of rotatable bonds is 8. The van der Waals surface area contributed by atoms with Crippen molar-refractivity contribution >= 4 is 33.4 Å². The first-order valence-corrected chi connectivity index (χ1v) is 10.4. The van der Waals surface area contributed by atoms with Crippen molar-refractivity contribution in [3.05, 3.63) is 59.1 Å². The highest BCUT2D eigenvalue weighted by atomic mass is 32.1. The third-order valence-electron chi connectivity index (χ3n) is 4.47. The van der Waals surface area contributed by atoms with Crippen LogP contribution < -0.4 is 5.32 Å². The fraction of sp³-hybridized carbons (Fsp3) is 0.364. The molecule has 0 radical (unpaired) electrons. The van der Waals surface area contributed by atoms with Gasteiger partial charge in [0.15, 0.2) is 0 Å². The second kappa shape index (κ2) is 9.06. The van der Waals surface area contributed by atoms with E-state index in [-0.39, 0.29) is 24.6 Å². The van der Waals surface area contributed by atoms with E-state index in [9.17, 15) is 9.59 Å². The number of aromatic nitrogens is 1. The average Bonchev–Trinajstić information content (AvgIpc) is 3.23. The number of nitrogens with one attached hydrogen (secondary N) is 1. The number of carbonyl (C=O) groups excluding carboxylic acids is 2. The van der Waals surface area contributed by atoms with Crippen LogP contribution in [0.15, 0.2) is 47.8 Å². The Bertz CT molecular complexity index is 943. The molecule has 3 rings (SSSR count). The normalized spacial score (nSPS) is 12.3. The van der Waals surface area contributed by atoms with Crippen molar-refractivity contribution in [3.63, 3.8) is 0 Å². The number of esters is 1. The Kier molecular flexibility index (Phi) is 6.52. The third kappa shape index (κ3) is 5.01. The molecule has 5 nitrogen and oxygen atoms in total. The Morgan fingerprint density at radius 1 is 1.14 bits per heavy atom. The zero-order chi connectivity index (χ0) is 20.1. The van der Waals surface area contributed by atoms with Crippen molar-refractivity contribution in [1.82, 2.24) is 9.88 Å². The summed E-state index contributed by atoms with van der Waals surface area (Å²) < 4.78 is 7.09. The van der Waals surface area contributed by atoms with E-state index in [0.717, 1.165) is 23.1 Å². The van der Waals surface area contributed by atoms with E-state index in [1.54, 1.807) is 10.6 Å². The highest BCUT2D eigenvalue weighted by Crippen LogP contribution is 2.26. The smallest absolute Gasteiger partial charge is 0.355 e. The molecule has 0 saturated heterocycles. The highest BCUT2D eigenvalue weighted by Gasteiger charge is 2.21. The van der Waals surface area contributed by atoms with Crippen molar-refractivity contribution in [2.24, 2.45) is 0 Å². The molecule has 1 aromatic carbocycles. The maximum absolute atomic E-state index is 12.6. The largest absolute Gasteiger partial charge is 0.458 e. The van der Waals surface area contributed by atoms with E-state index in [1.165, 1.54) is 16.9 Å². The zero-order valence-corrected chi connectivity index (χ0v) is 17.3. The predicted octanol–water partition coefficient (Wildman–Crippen LogP) is 4.41. The molecule has 6 heteroatoms. The van der Waals surface area contributed by atoms with E-state index in [1.807, 2.05) is 50.4 Å². The second-order valence-electron chi connectivity index (χ2n) is 7.24. The van der Waals surface area contributed by atoms with Crippen LogP contribution in [0.2, 0.25) is 0 Å². The molecule has 0 spiro atoms. The van der Waals surface area contributed by atoms with Crippen molar-refractivity contribution in [3.8, 4) is 0 Å². The zero-order valence-electron chi connectivity index (χ0n) is 16.5. The van der Waals surface area contributed by atoms with Gasteiger partial charge in [0.2, 0.25) is 5.91 Å². The first-order valence-electron chi connectivity index (χ1n) is 9.55. The van der Waals surface area contributed by atoms with E-state index in [2.05, 4.69) is 17.4 Å². The van der Waals surface area contributed by atoms with Crippen LogP contribution in [0.4, 0.5) is 0 Å². The van der Waals surface area contributed by atoms with Gasteiger partial charge in [-0.15, -0.1) is 11.3 Å². The van der Waals surface area contributed by atoms with Crippen molar-refractivity contribution in [2.45, 2.75) is 52.3 Å². The Labute approximate surface area is 169 Å². The summed E-state index contributed by atoms with van der Waals surface area (Å²) >= 11 is 1.51. The van der Waals surface area contributed by atoms with Gasteiger partial charge in [-0.25, -0.2) is 4.79 Å². The molecule has 1 unspecified atom stereocenters. The van der Waals surface area contributed by atoms with Gasteiger partial charge in [-0.05, 0) is 56.7 Å². The van der Waals surface area contributed by atoms with Gasteiger partial charge in [-0.1, -0.05) is 30.3 Å². The summed E-state index contributed by atoms with van der Waals surface area (Å²) in [5, 5.41) is 5.95. The van der Waals surface area contributed by atoms with E-state index in [4.69, 9.17) is 4.74 Å². The molecule has 2 aromatic heterocycles. The number of fused-ring (bicyclic) bond motifs is 1. The molecule has 0 bridgehead atoms. The van der Waals surface area contributed by atoms with Gasteiger partial charge in [-0.3, -0.25) is 4.79 Å². The van der Waals surface area contributed by atoms with Crippen LogP contribution in [0.3, 0.4) is 0 Å². The summed E-state index contributed by atoms with van der Waals surface area (Å²) in [7, 11) is 0. The average molecular weight is 399 g/mol. The Morgan fingerprint density at radius 2 is 1.89 bits per heavy atom. The first kappa shape index (κ1) is 20.1. The lowest BCUT2D eigenvalue weighted by molar-refractivity contribution is -0.122. The minimum Gasteiger partial charge on any atom is -0.458 e. The summed E-state index contributed by atoms with van der Waals surface area (Å²) in [4.78, 5) is 26.0. The van der Waals surface area contributed by atoms with Gasteiger partial charge >= 0.3 is 5.97 Å². The molecule has 0 fully saturated rings. The number of ether oxygens (including phenoxy) is 1. The lowest BCUT2D eigenvalue weighted by atomic mass is 10.1. The molecule has 2 heterocycles. The van der Waals surface area contributed by atoms with Gasteiger partial charge in [-0.2, -0.15) is 0 Å². The lowest BCUT2D eigenvalue weighted by Gasteiger charge is -2.16. The monoisotopic (exact) mass is 398 g/mol. The fourth-order valence-corrected chi connectivity index (χ4v) is 4.04. The van der Waals surface area contributed by atoms with Gasteiger partial charge in [0, 0.05) is 11.4 Å². The number of benzene rings is 1. The van der Waals surface area contributed by atoms with Gasteiger partial charge in [0.25, 0.3) is 0 Å². The number of carbonyl (C=O) groups is 2. The Morgan fingerprint density at radius 3 is 2.61 bits per heavy atom. The minimum atomic E-state index is -0.400. The number of amides is 1. The van der Waals surface area contributed by atoms with Crippen LogP contribution >= 0.6 is 11.3 Å². The van der Waals surface area contributed by atoms with Crippen molar-refractivity contribution in [2.75, 3.05) is 0 Å². The number of nitrogens with zero attached hydrogens (tertiary/aromatic N) is 1. The summed E-state index contributed by atoms with van der Waals surface area (Å²) in [5.74, 6) is -0.506. The van der Waals surface area contributed by atoms with Gasteiger partial charge < -0.3 is 14.6 Å². The summed E-state index contributed by atoms with van der Waals surface area (Å²) in [6, 6.07) is 14.0. The summed E-state index contributed by atoms with van der Waals surface area (Å²) in [5.41, 5.74) is 1.68. The number of hydrogen-bond acceptors (Lipinski definition) is 4. The quantitative estimate of drug-likeness (QED) is 0.572. The second-order valence-corrected chi connectivity index (χ2v) is 8.14. The van der Waals surface area contributed by atoms with Crippen LogP contribution in [0.1, 0.15) is 43.2 Å².